The maximum absolute atomic E-state index is 11.7. The first-order chi connectivity index (χ1) is 8.99. The molecule has 0 aromatic rings. The zero-order valence-electron chi connectivity index (χ0n) is 13.5. The summed E-state index contributed by atoms with van der Waals surface area (Å²) < 4.78 is 0. The van der Waals surface area contributed by atoms with Gasteiger partial charge in [0, 0.05) is 25.0 Å². The molecule has 0 fully saturated rings. The molecular formula is C15H33N3O. The van der Waals surface area contributed by atoms with Gasteiger partial charge in [0.25, 0.3) is 0 Å². The highest BCUT2D eigenvalue weighted by molar-refractivity contribution is 5.76. The van der Waals surface area contributed by atoms with Gasteiger partial charge in [0.2, 0.25) is 5.91 Å². The van der Waals surface area contributed by atoms with Gasteiger partial charge in [-0.3, -0.25) is 4.79 Å². The van der Waals surface area contributed by atoms with Crippen molar-refractivity contribution in [3.8, 4) is 0 Å². The predicted molar refractivity (Wildman–Crippen MR) is 82.4 cm³/mol. The SMILES string of the molecule is CCN(CC)CCCC(C)NC(=O)CCNC(C)C. The van der Waals surface area contributed by atoms with Crippen LogP contribution in [0.1, 0.15) is 53.9 Å². The van der Waals surface area contributed by atoms with Crippen molar-refractivity contribution >= 4 is 5.91 Å². The largest absolute Gasteiger partial charge is 0.354 e. The normalized spacial score (nSPS) is 13.0. The number of rotatable bonds is 11. The first-order valence-corrected chi connectivity index (χ1v) is 7.74. The zero-order valence-corrected chi connectivity index (χ0v) is 13.5. The number of carbonyl (C=O) groups excluding carboxylic acids is 1. The molecule has 0 rings (SSSR count). The van der Waals surface area contributed by atoms with Crippen molar-refractivity contribution in [3.05, 3.63) is 0 Å². The first kappa shape index (κ1) is 18.4. The Morgan fingerprint density at radius 3 is 2.32 bits per heavy atom. The molecule has 0 bridgehead atoms. The summed E-state index contributed by atoms with van der Waals surface area (Å²) >= 11 is 0. The van der Waals surface area contributed by atoms with Crippen molar-refractivity contribution in [3.63, 3.8) is 0 Å². The number of nitrogens with one attached hydrogen (secondary N) is 2. The lowest BCUT2D eigenvalue weighted by Gasteiger charge is -2.20. The Bertz CT molecular complexity index is 227. The molecule has 0 saturated heterocycles. The highest BCUT2D eigenvalue weighted by atomic mass is 16.1. The van der Waals surface area contributed by atoms with E-state index in [-0.39, 0.29) is 11.9 Å². The maximum Gasteiger partial charge on any atom is 0.221 e. The number of amides is 1. The summed E-state index contributed by atoms with van der Waals surface area (Å²) in [4.78, 5) is 14.1. The molecule has 4 heteroatoms. The number of nitrogens with zero attached hydrogens (tertiary/aromatic N) is 1. The molecule has 0 aromatic carbocycles. The molecular weight excluding hydrogens is 238 g/mol. The van der Waals surface area contributed by atoms with Gasteiger partial charge in [-0.25, -0.2) is 0 Å². The second-order valence-electron chi connectivity index (χ2n) is 5.50. The summed E-state index contributed by atoms with van der Waals surface area (Å²) in [5.41, 5.74) is 0. The fraction of sp³-hybridized carbons (Fsp3) is 0.933. The van der Waals surface area contributed by atoms with Crippen LogP contribution < -0.4 is 10.6 Å². The van der Waals surface area contributed by atoms with Gasteiger partial charge in [0.05, 0.1) is 0 Å². The molecule has 0 saturated carbocycles. The Labute approximate surface area is 119 Å². The minimum Gasteiger partial charge on any atom is -0.354 e. The maximum atomic E-state index is 11.7. The monoisotopic (exact) mass is 271 g/mol. The van der Waals surface area contributed by atoms with Gasteiger partial charge < -0.3 is 15.5 Å². The lowest BCUT2D eigenvalue weighted by molar-refractivity contribution is -0.121. The van der Waals surface area contributed by atoms with E-state index in [2.05, 4.69) is 50.2 Å². The third kappa shape index (κ3) is 11.0. The highest BCUT2D eigenvalue weighted by Gasteiger charge is 2.08. The van der Waals surface area contributed by atoms with Gasteiger partial charge in [0.15, 0.2) is 0 Å². The van der Waals surface area contributed by atoms with Crippen molar-refractivity contribution in [2.75, 3.05) is 26.2 Å². The molecule has 1 atom stereocenters. The fourth-order valence-corrected chi connectivity index (χ4v) is 2.05. The Morgan fingerprint density at radius 1 is 1.16 bits per heavy atom. The van der Waals surface area contributed by atoms with E-state index in [4.69, 9.17) is 0 Å². The fourth-order valence-electron chi connectivity index (χ4n) is 2.05. The van der Waals surface area contributed by atoms with Crippen LogP contribution in [0.3, 0.4) is 0 Å². The minimum absolute atomic E-state index is 0.156. The first-order valence-electron chi connectivity index (χ1n) is 7.74. The van der Waals surface area contributed by atoms with Crippen LogP contribution in [-0.2, 0) is 4.79 Å². The molecule has 0 aromatic heterocycles. The van der Waals surface area contributed by atoms with Crippen molar-refractivity contribution in [2.24, 2.45) is 0 Å². The summed E-state index contributed by atoms with van der Waals surface area (Å²) in [5.74, 6) is 0.156. The molecule has 1 unspecified atom stereocenters. The van der Waals surface area contributed by atoms with Gasteiger partial charge in [-0.05, 0) is 39.4 Å². The molecule has 0 aliphatic rings. The van der Waals surface area contributed by atoms with Crippen molar-refractivity contribution in [2.45, 2.75) is 66.0 Å². The van der Waals surface area contributed by atoms with Gasteiger partial charge in [-0.2, -0.15) is 0 Å². The second-order valence-corrected chi connectivity index (χ2v) is 5.50. The smallest absolute Gasteiger partial charge is 0.221 e. The Hall–Kier alpha value is -0.610. The van der Waals surface area contributed by atoms with Crippen LogP contribution in [0.4, 0.5) is 0 Å². The van der Waals surface area contributed by atoms with E-state index >= 15 is 0 Å². The average molecular weight is 271 g/mol. The van der Waals surface area contributed by atoms with Crippen LogP contribution in [0.15, 0.2) is 0 Å². The molecule has 0 aliphatic carbocycles. The molecule has 0 spiro atoms. The summed E-state index contributed by atoms with van der Waals surface area (Å²) in [5, 5.41) is 6.32. The topological polar surface area (TPSA) is 44.4 Å². The molecule has 0 aliphatic heterocycles. The van der Waals surface area contributed by atoms with Gasteiger partial charge >= 0.3 is 0 Å². The Balaban J connectivity index is 3.61. The van der Waals surface area contributed by atoms with E-state index in [1.165, 1.54) is 0 Å². The van der Waals surface area contributed by atoms with E-state index in [0.29, 0.717) is 12.5 Å². The van der Waals surface area contributed by atoms with Crippen molar-refractivity contribution in [1.82, 2.24) is 15.5 Å². The van der Waals surface area contributed by atoms with Crippen LogP contribution in [0.2, 0.25) is 0 Å². The average Bonchev–Trinajstić information content (AvgIpc) is 2.34. The quantitative estimate of drug-likeness (QED) is 0.604. The summed E-state index contributed by atoms with van der Waals surface area (Å²) in [6, 6.07) is 0.724. The van der Waals surface area contributed by atoms with Crippen molar-refractivity contribution in [1.29, 1.82) is 0 Å². The molecule has 0 heterocycles. The van der Waals surface area contributed by atoms with Crippen LogP contribution in [0.5, 0.6) is 0 Å². The third-order valence-corrected chi connectivity index (χ3v) is 3.32. The zero-order chi connectivity index (χ0) is 14.7. The highest BCUT2D eigenvalue weighted by Crippen LogP contribution is 2.00. The van der Waals surface area contributed by atoms with Gasteiger partial charge in [-0.1, -0.05) is 27.7 Å². The molecule has 2 N–H and O–H groups in total. The number of carbonyl (C=O) groups is 1. The van der Waals surface area contributed by atoms with Gasteiger partial charge in [0.1, 0.15) is 0 Å². The Kier molecular flexibility index (Phi) is 10.9. The third-order valence-electron chi connectivity index (χ3n) is 3.32. The van der Waals surface area contributed by atoms with E-state index in [1.807, 2.05) is 0 Å². The number of hydrogen-bond donors (Lipinski definition) is 2. The molecule has 114 valence electrons. The molecule has 1 amide bonds. The van der Waals surface area contributed by atoms with Gasteiger partial charge in [-0.15, -0.1) is 0 Å². The van der Waals surface area contributed by atoms with E-state index in [1.54, 1.807) is 0 Å². The molecule has 19 heavy (non-hydrogen) atoms. The lowest BCUT2D eigenvalue weighted by Crippen LogP contribution is -2.36. The molecule has 4 nitrogen and oxygen atoms in total. The number of hydrogen-bond acceptors (Lipinski definition) is 3. The summed E-state index contributed by atoms with van der Waals surface area (Å²) in [6.07, 6.45) is 2.77. The molecule has 0 radical (unpaired) electrons. The van der Waals surface area contributed by atoms with E-state index in [9.17, 15) is 4.79 Å². The van der Waals surface area contributed by atoms with Crippen LogP contribution in [0.25, 0.3) is 0 Å². The van der Waals surface area contributed by atoms with Crippen LogP contribution in [-0.4, -0.2) is 49.1 Å². The van der Waals surface area contributed by atoms with E-state index in [0.717, 1.165) is 39.0 Å². The predicted octanol–water partition coefficient (Wildman–Crippen LogP) is 2.00. The summed E-state index contributed by atoms with van der Waals surface area (Å²) in [7, 11) is 0. The van der Waals surface area contributed by atoms with Crippen LogP contribution >= 0.6 is 0 Å². The Morgan fingerprint density at radius 2 is 1.79 bits per heavy atom. The summed E-state index contributed by atoms with van der Waals surface area (Å²) in [6.45, 7) is 14.8. The standard InChI is InChI=1S/C15H33N3O/c1-6-18(7-2)12-8-9-14(5)17-15(19)10-11-16-13(3)4/h13-14,16H,6-12H2,1-5H3,(H,17,19). The van der Waals surface area contributed by atoms with Crippen molar-refractivity contribution < 1.29 is 4.79 Å². The second kappa shape index (κ2) is 11.2. The minimum atomic E-state index is 0.156. The van der Waals surface area contributed by atoms with E-state index < -0.39 is 0 Å². The lowest BCUT2D eigenvalue weighted by atomic mass is 10.1. The van der Waals surface area contributed by atoms with Crippen LogP contribution in [0, 0.1) is 0 Å².